The molecule has 18 heteroatoms. The molecule has 15 nitrogen and oxygen atoms in total. The summed E-state index contributed by atoms with van der Waals surface area (Å²) in [5.41, 5.74) is 1.45. The molecule has 4 amide bonds. The summed E-state index contributed by atoms with van der Waals surface area (Å²) in [6.07, 6.45) is 18.5. The van der Waals surface area contributed by atoms with Gasteiger partial charge in [0.1, 0.15) is 28.6 Å². The average Bonchev–Trinajstić information content (AvgIpc) is 4.09. The van der Waals surface area contributed by atoms with Gasteiger partial charge in [-0.3, -0.25) is 24.8 Å². The van der Waals surface area contributed by atoms with Crippen molar-refractivity contribution in [3.63, 3.8) is 0 Å². The number of hydrogen-bond acceptors (Lipinski definition) is 12. The second kappa shape index (κ2) is 19.6. The van der Waals surface area contributed by atoms with Crippen LogP contribution in [0.4, 0.5) is 25.1 Å². The van der Waals surface area contributed by atoms with E-state index in [4.69, 9.17) is 21.1 Å². The Morgan fingerprint density at radius 1 is 0.892 bits per heavy atom. The third-order valence-electron chi connectivity index (χ3n) is 17.4. The van der Waals surface area contributed by atoms with E-state index in [9.17, 15) is 19.5 Å². The van der Waals surface area contributed by atoms with Crippen LogP contribution in [0, 0.1) is 40.7 Å². The smallest absolute Gasteiger partial charge is 0.328 e. The summed E-state index contributed by atoms with van der Waals surface area (Å²) in [5.74, 6) is 1.86. The topological polar surface area (TPSA) is 160 Å². The second-order valence-electron chi connectivity index (χ2n) is 22.2. The first-order valence-electron chi connectivity index (χ1n) is 26.4. The Labute approximate surface area is 437 Å². The number of aromatic nitrogens is 3. The van der Waals surface area contributed by atoms with Gasteiger partial charge in [-0.2, -0.15) is 9.97 Å². The fourth-order valence-electron chi connectivity index (χ4n) is 12.9. The van der Waals surface area contributed by atoms with Crippen molar-refractivity contribution >= 4 is 67.0 Å². The fraction of sp³-hybridized carbons (Fsp3) is 0.500. The normalized spacial score (nSPS) is 23.1. The zero-order chi connectivity index (χ0) is 50.9. The highest BCUT2D eigenvalue weighted by Gasteiger charge is 2.46. The summed E-state index contributed by atoms with van der Waals surface area (Å²) in [4.78, 5) is 63.2. The van der Waals surface area contributed by atoms with Gasteiger partial charge in [0.05, 0.1) is 23.2 Å². The first-order valence-corrected chi connectivity index (χ1v) is 27.2. The highest BCUT2D eigenvalue weighted by atomic mass is 79.9. The van der Waals surface area contributed by atoms with Crippen molar-refractivity contribution in [1.82, 2.24) is 40.3 Å². The van der Waals surface area contributed by atoms with Crippen molar-refractivity contribution in [3.05, 3.63) is 75.9 Å². The number of likely N-dealkylation sites (tertiary alicyclic amines) is 1. The van der Waals surface area contributed by atoms with Crippen LogP contribution >= 0.6 is 15.9 Å². The van der Waals surface area contributed by atoms with Crippen molar-refractivity contribution in [2.75, 3.05) is 88.4 Å². The Balaban J connectivity index is 0.657. The highest BCUT2D eigenvalue weighted by Crippen LogP contribution is 2.49. The van der Waals surface area contributed by atoms with Gasteiger partial charge in [0, 0.05) is 123 Å². The van der Waals surface area contributed by atoms with Crippen LogP contribution < -0.4 is 25.2 Å². The number of anilines is 2. The summed E-state index contributed by atoms with van der Waals surface area (Å²) in [5, 5.41) is 18.0. The molecule has 1 spiro atoms. The van der Waals surface area contributed by atoms with E-state index in [1.807, 2.05) is 4.90 Å². The number of pyridine rings is 1. The summed E-state index contributed by atoms with van der Waals surface area (Å²) < 4.78 is 39.4. The Morgan fingerprint density at radius 2 is 1.64 bits per heavy atom. The monoisotopic (exact) mass is 1070 g/mol. The van der Waals surface area contributed by atoms with Crippen LogP contribution in [0.3, 0.4) is 0 Å². The Kier molecular flexibility index (Phi) is 13.0. The lowest BCUT2D eigenvalue weighted by atomic mass is 9.65. The van der Waals surface area contributed by atoms with Crippen LogP contribution in [0.1, 0.15) is 86.6 Å². The molecule has 2 saturated carbocycles. The molecule has 0 radical (unpaired) electrons. The number of rotatable bonds is 11. The molecule has 5 saturated heterocycles. The molecule has 2 atom stereocenters. The molecule has 3 aromatic carbocycles. The lowest BCUT2D eigenvalue weighted by molar-refractivity contribution is -0.120. The predicted molar refractivity (Wildman–Crippen MR) is 281 cm³/mol. The zero-order valence-corrected chi connectivity index (χ0v) is 43.1. The molecule has 7 aliphatic rings. The number of hydrogen-bond donors (Lipinski definition) is 3. The quantitative estimate of drug-likeness (QED) is 0.110. The van der Waals surface area contributed by atoms with Crippen LogP contribution in [0.25, 0.3) is 32.9 Å². The predicted octanol–water partition coefficient (Wildman–Crippen LogP) is 7.85. The van der Waals surface area contributed by atoms with E-state index in [0.717, 1.165) is 90.9 Å². The number of urea groups is 1. The number of carbonyl (C=O) groups excluding carboxylic acids is 3. The molecule has 12 rings (SSSR count). The minimum absolute atomic E-state index is 0.0210. The van der Waals surface area contributed by atoms with Crippen LogP contribution in [-0.2, 0) is 4.79 Å². The van der Waals surface area contributed by atoms with E-state index in [2.05, 4.69) is 52.2 Å². The lowest BCUT2D eigenvalue weighted by Gasteiger charge is -2.47. The van der Waals surface area contributed by atoms with Crippen molar-refractivity contribution in [3.8, 4) is 35.4 Å². The number of carbonyl (C=O) groups is 3. The number of phenolic OH excluding ortho intramolecular Hbond substituents is 1. The summed E-state index contributed by atoms with van der Waals surface area (Å²) in [6, 6.07) is 11.2. The van der Waals surface area contributed by atoms with Crippen LogP contribution in [0.2, 0.25) is 0 Å². The Morgan fingerprint density at radius 3 is 2.35 bits per heavy atom. The number of aromatic hydroxyl groups is 1. The fourth-order valence-corrected chi connectivity index (χ4v) is 13.4. The second-order valence-corrected chi connectivity index (χ2v) is 23.1. The van der Waals surface area contributed by atoms with E-state index in [1.54, 1.807) is 24.4 Å². The van der Waals surface area contributed by atoms with Gasteiger partial charge in [0.2, 0.25) is 5.91 Å². The van der Waals surface area contributed by atoms with Crippen molar-refractivity contribution in [2.45, 2.75) is 82.7 Å². The molecule has 7 fully saturated rings. The summed E-state index contributed by atoms with van der Waals surface area (Å²) >= 11 is 3.53. The molecule has 2 bridgehead atoms. The maximum atomic E-state index is 17.2. The molecule has 5 aliphatic heterocycles. The van der Waals surface area contributed by atoms with E-state index in [0.29, 0.717) is 70.0 Å². The van der Waals surface area contributed by atoms with Crippen molar-refractivity contribution < 1.29 is 33.0 Å². The minimum Gasteiger partial charge on any atom is -0.508 e. The molecular formula is C56H61BrF2N10O5. The average molecular weight is 1070 g/mol. The number of piperidine rings is 1. The Hall–Kier alpha value is -6.00. The first kappa shape index (κ1) is 48.9. The summed E-state index contributed by atoms with van der Waals surface area (Å²) in [7, 11) is 0. The molecule has 3 N–H and O–H groups in total. The number of amides is 4. The number of benzene rings is 3. The standard InChI is InChI=1S/C56H61BrF2N10O5/c1-2-40-44(58)8-4-35-25-39(70)27-41(47(35)40)49-48(59)50-42(28-60-49)51(68-30-37-5-6-38(31-68)61-37)64-53(63-50)74-33-56(14-15-56)32-66-23-21-65(22-24-66)29-34-9-12-55(13-10-34)16-19-67(20-17-55)52(72)36-3-7-43(57)45(26-36)69-18-11-46(71)62-54(69)73/h1,3-4,7-8,25-28,34,37-38,61,70H,5-6,9-24,29-33H2,(H,62,71,73). The molecular weight excluding hydrogens is 1010 g/mol. The van der Waals surface area contributed by atoms with Gasteiger partial charge in [-0.25, -0.2) is 13.6 Å². The maximum Gasteiger partial charge on any atom is 0.328 e. The number of nitrogens with one attached hydrogen (secondary N) is 2. The molecule has 2 unspecified atom stereocenters. The number of phenols is 1. The van der Waals surface area contributed by atoms with Gasteiger partial charge in [-0.15, -0.1) is 6.42 Å². The number of fused-ring (bicyclic) bond motifs is 4. The van der Waals surface area contributed by atoms with Crippen molar-refractivity contribution in [1.29, 1.82) is 0 Å². The lowest BCUT2D eigenvalue weighted by Crippen LogP contribution is -2.51. The SMILES string of the molecule is C#Cc1c(F)ccc2cc(O)cc(-c3ncc4c(N5CC6CCC(C5)N6)nc(OCC5(CN6CCN(CC7CCC8(CC7)CCN(C(=O)c7ccc(Br)c(N9CCC(=O)NC9=O)c7)CC8)CC6)CC5)nc4c3F)c12. The van der Waals surface area contributed by atoms with Gasteiger partial charge >= 0.3 is 12.0 Å². The Bertz CT molecular complexity index is 3090. The third kappa shape index (κ3) is 9.54. The van der Waals surface area contributed by atoms with Gasteiger partial charge in [0.15, 0.2) is 5.82 Å². The van der Waals surface area contributed by atoms with E-state index < -0.39 is 17.7 Å². The zero-order valence-electron chi connectivity index (χ0n) is 41.5. The van der Waals surface area contributed by atoms with Gasteiger partial charge in [-0.1, -0.05) is 12.0 Å². The molecule has 2 aromatic heterocycles. The summed E-state index contributed by atoms with van der Waals surface area (Å²) in [6.45, 7) is 9.61. The number of halogens is 3. The largest absolute Gasteiger partial charge is 0.508 e. The highest BCUT2D eigenvalue weighted by molar-refractivity contribution is 9.10. The number of imide groups is 1. The number of piperazine rings is 2. The number of ether oxygens (including phenoxy) is 1. The van der Waals surface area contributed by atoms with E-state index in [-0.39, 0.29) is 75.1 Å². The molecule has 5 aromatic rings. The van der Waals surface area contributed by atoms with E-state index >= 15 is 8.78 Å². The molecule has 386 valence electrons. The third-order valence-corrected chi connectivity index (χ3v) is 18.1. The van der Waals surface area contributed by atoms with Crippen LogP contribution in [0.5, 0.6) is 11.8 Å². The van der Waals surface area contributed by atoms with Crippen molar-refractivity contribution in [2.24, 2.45) is 16.7 Å². The molecule has 7 heterocycles. The van der Waals surface area contributed by atoms with Gasteiger partial charge in [0.25, 0.3) is 5.91 Å². The first-order chi connectivity index (χ1) is 35.8. The number of nitrogens with zero attached hydrogens (tertiary/aromatic N) is 8. The maximum absolute atomic E-state index is 17.2. The van der Waals surface area contributed by atoms with Crippen LogP contribution in [-0.4, -0.2) is 143 Å². The number of terminal acetylenes is 1. The minimum atomic E-state index is -0.726. The van der Waals surface area contributed by atoms with Gasteiger partial charge in [-0.05, 0) is 133 Å². The van der Waals surface area contributed by atoms with Crippen LogP contribution in [0.15, 0.2) is 53.1 Å². The molecule has 2 aliphatic carbocycles. The van der Waals surface area contributed by atoms with Gasteiger partial charge < -0.3 is 34.8 Å². The van der Waals surface area contributed by atoms with E-state index in [1.165, 1.54) is 54.8 Å². The molecule has 74 heavy (non-hydrogen) atoms.